The molecule has 0 N–H and O–H groups in total. The Morgan fingerprint density at radius 1 is 0.931 bits per heavy atom. The Morgan fingerprint density at radius 3 is 2.45 bits per heavy atom. The first kappa shape index (κ1) is 20.7. The van der Waals surface area contributed by atoms with E-state index in [1.165, 1.54) is 0 Å². The van der Waals surface area contributed by atoms with E-state index < -0.39 is 0 Å². The van der Waals surface area contributed by atoms with E-state index in [1.807, 2.05) is 37.3 Å². The first-order valence-corrected chi connectivity index (χ1v) is 9.70. The Balaban J connectivity index is 1.86. The summed E-state index contributed by atoms with van der Waals surface area (Å²) in [7, 11) is 3.23. The lowest BCUT2D eigenvalue weighted by Crippen LogP contribution is -2.23. The third-order valence-corrected chi connectivity index (χ3v) is 4.81. The molecule has 0 spiro atoms. The summed E-state index contributed by atoms with van der Waals surface area (Å²) in [6, 6.07) is 13.1. The summed E-state index contributed by atoms with van der Waals surface area (Å²) in [6.45, 7) is 6.81. The average molecular weight is 397 g/mol. The number of hydrogen-bond acceptors (Lipinski definition) is 6. The molecule has 0 fully saturated rings. The lowest BCUT2D eigenvalue weighted by atomic mass is 10.1. The second-order valence-electron chi connectivity index (χ2n) is 6.67. The molecule has 0 aliphatic rings. The molecule has 0 bridgehead atoms. The molecule has 0 amide bonds. The third kappa shape index (κ3) is 4.90. The molecule has 2 aromatic carbocycles. The first-order chi connectivity index (χ1) is 14.1. The second kappa shape index (κ2) is 9.47. The van der Waals surface area contributed by atoms with Gasteiger partial charge in [0.1, 0.15) is 11.3 Å². The molecule has 0 saturated carbocycles. The number of nitrogens with zero attached hydrogens (tertiary/aromatic N) is 1. The predicted molar refractivity (Wildman–Crippen MR) is 113 cm³/mol. The summed E-state index contributed by atoms with van der Waals surface area (Å²) in [4.78, 5) is 14.3. The van der Waals surface area contributed by atoms with Gasteiger partial charge in [0.25, 0.3) is 0 Å². The molecule has 29 heavy (non-hydrogen) atoms. The van der Waals surface area contributed by atoms with Crippen molar-refractivity contribution < 1.29 is 18.6 Å². The van der Waals surface area contributed by atoms with E-state index in [4.69, 9.17) is 18.6 Å². The number of methoxy groups -OCH3 is 2. The molecular weight excluding hydrogens is 370 g/mol. The third-order valence-electron chi connectivity index (χ3n) is 4.81. The Morgan fingerprint density at radius 2 is 1.76 bits per heavy atom. The van der Waals surface area contributed by atoms with E-state index >= 15 is 0 Å². The average Bonchev–Trinajstić information content (AvgIpc) is 2.73. The topological polar surface area (TPSA) is 61.1 Å². The summed E-state index contributed by atoms with van der Waals surface area (Å²) in [5.41, 5.74) is 2.21. The molecule has 3 rings (SSSR count). The maximum absolute atomic E-state index is 12.1. The lowest BCUT2D eigenvalue weighted by molar-refractivity contribution is 0.270. The van der Waals surface area contributed by atoms with Gasteiger partial charge >= 0.3 is 5.63 Å². The highest BCUT2D eigenvalue weighted by molar-refractivity contribution is 5.81. The van der Waals surface area contributed by atoms with E-state index in [2.05, 4.69) is 11.8 Å². The predicted octanol–water partition coefficient (Wildman–Crippen LogP) is 4.23. The van der Waals surface area contributed by atoms with Crippen LogP contribution in [0.2, 0.25) is 0 Å². The van der Waals surface area contributed by atoms with Crippen LogP contribution in [0.4, 0.5) is 0 Å². The highest BCUT2D eigenvalue weighted by Gasteiger charge is 2.13. The van der Waals surface area contributed by atoms with Gasteiger partial charge in [0, 0.05) is 30.6 Å². The van der Waals surface area contributed by atoms with Crippen molar-refractivity contribution in [2.75, 3.05) is 27.4 Å². The van der Waals surface area contributed by atoms with Gasteiger partial charge in [0.15, 0.2) is 11.5 Å². The molecule has 0 radical (unpaired) electrons. The standard InChI is InChI=1S/C23H27NO5/c1-5-24(14-16-7-10-20(28-6-2)22(11-16)27-4)15-17-12-23(25)29-21-13-18(26-3)8-9-19(17)21/h7-13H,5-6,14-15H2,1-4H3. The van der Waals surface area contributed by atoms with Crippen molar-refractivity contribution >= 4 is 11.0 Å². The quantitative estimate of drug-likeness (QED) is 0.504. The van der Waals surface area contributed by atoms with Gasteiger partial charge in [-0.2, -0.15) is 0 Å². The van der Waals surface area contributed by atoms with Crippen LogP contribution in [0.1, 0.15) is 25.0 Å². The van der Waals surface area contributed by atoms with Crippen LogP contribution in [0.15, 0.2) is 51.7 Å². The van der Waals surface area contributed by atoms with Crippen LogP contribution in [0.3, 0.4) is 0 Å². The van der Waals surface area contributed by atoms with Crippen molar-refractivity contribution in [1.29, 1.82) is 0 Å². The molecule has 0 aliphatic carbocycles. The fourth-order valence-corrected chi connectivity index (χ4v) is 3.33. The first-order valence-electron chi connectivity index (χ1n) is 9.70. The van der Waals surface area contributed by atoms with Crippen LogP contribution in [0, 0.1) is 0 Å². The number of benzene rings is 2. The maximum Gasteiger partial charge on any atom is 0.336 e. The number of fused-ring (bicyclic) bond motifs is 1. The monoisotopic (exact) mass is 397 g/mol. The van der Waals surface area contributed by atoms with E-state index in [9.17, 15) is 4.79 Å². The maximum atomic E-state index is 12.1. The smallest absolute Gasteiger partial charge is 0.336 e. The molecule has 6 heteroatoms. The molecule has 0 atom stereocenters. The van der Waals surface area contributed by atoms with Crippen molar-refractivity contribution in [2.45, 2.75) is 26.9 Å². The van der Waals surface area contributed by atoms with E-state index in [1.54, 1.807) is 26.4 Å². The molecule has 0 aliphatic heterocycles. The largest absolute Gasteiger partial charge is 0.497 e. The number of ether oxygens (including phenoxy) is 3. The van der Waals surface area contributed by atoms with Crippen molar-refractivity contribution in [3.05, 3.63) is 64.0 Å². The van der Waals surface area contributed by atoms with Crippen molar-refractivity contribution in [1.82, 2.24) is 4.90 Å². The SMILES string of the molecule is CCOc1ccc(CN(CC)Cc2cc(=O)oc3cc(OC)ccc23)cc1OC. The second-order valence-corrected chi connectivity index (χ2v) is 6.67. The molecule has 3 aromatic rings. The summed E-state index contributed by atoms with van der Waals surface area (Å²) < 4.78 is 21.7. The van der Waals surface area contributed by atoms with Crippen LogP contribution in [0.25, 0.3) is 11.0 Å². The highest BCUT2D eigenvalue weighted by Crippen LogP contribution is 2.29. The minimum atomic E-state index is -0.362. The number of hydrogen-bond donors (Lipinski definition) is 0. The summed E-state index contributed by atoms with van der Waals surface area (Å²) >= 11 is 0. The van der Waals surface area contributed by atoms with Gasteiger partial charge < -0.3 is 18.6 Å². The minimum Gasteiger partial charge on any atom is -0.497 e. The molecular formula is C23H27NO5. The zero-order valence-corrected chi connectivity index (χ0v) is 17.4. The van der Waals surface area contributed by atoms with E-state index in [-0.39, 0.29) is 5.63 Å². The minimum absolute atomic E-state index is 0.362. The Labute approximate surface area is 170 Å². The fourth-order valence-electron chi connectivity index (χ4n) is 3.33. The van der Waals surface area contributed by atoms with Gasteiger partial charge in [-0.1, -0.05) is 13.0 Å². The van der Waals surface area contributed by atoms with Gasteiger partial charge in [-0.05, 0) is 48.9 Å². The molecule has 6 nitrogen and oxygen atoms in total. The highest BCUT2D eigenvalue weighted by atomic mass is 16.5. The van der Waals surface area contributed by atoms with Gasteiger partial charge in [-0.15, -0.1) is 0 Å². The fraction of sp³-hybridized carbons (Fsp3) is 0.348. The molecule has 154 valence electrons. The summed E-state index contributed by atoms with van der Waals surface area (Å²) in [5.74, 6) is 2.12. The zero-order chi connectivity index (χ0) is 20.8. The van der Waals surface area contributed by atoms with Crippen LogP contribution < -0.4 is 19.8 Å². The van der Waals surface area contributed by atoms with Gasteiger partial charge in [0.05, 0.1) is 20.8 Å². The van der Waals surface area contributed by atoms with E-state index in [0.29, 0.717) is 24.5 Å². The van der Waals surface area contributed by atoms with Crippen LogP contribution >= 0.6 is 0 Å². The van der Waals surface area contributed by atoms with Gasteiger partial charge in [-0.3, -0.25) is 4.90 Å². The molecule has 1 aromatic heterocycles. The van der Waals surface area contributed by atoms with Gasteiger partial charge in [0.2, 0.25) is 0 Å². The lowest BCUT2D eigenvalue weighted by Gasteiger charge is -2.22. The molecule has 1 heterocycles. The van der Waals surface area contributed by atoms with Crippen molar-refractivity contribution in [2.24, 2.45) is 0 Å². The number of rotatable bonds is 9. The van der Waals surface area contributed by atoms with Gasteiger partial charge in [-0.25, -0.2) is 4.79 Å². The molecule has 0 saturated heterocycles. The van der Waals surface area contributed by atoms with E-state index in [0.717, 1.165) is 41.1 Å². The normalized spacial score (nSPS) is 11.1. The Hall–Kier alpha value is -2.99. The van der Waals surface area contributed by atoms with Crippen molar-refractivity contribution in [3.63, 3.8) is 0 Å². The summed E-state index contributed by atoms with van der Waals surface area (Å²) in [6.07, 6.45) is 0. The Kier molecular flexibility index (Phi) is 6.77. The summed E-state index contributed by atoms with van der Waals surface area (Å²) in [5, 5.41) is 0.910. The Bertz CT molecular complexity index is 1030. The van der Waals surface area contributed by atoms with Crippen LogP contribution in [0.5, 0.6) is 17.2 Å². The zero-order valence-electron chi connectivity index (χ0n) is 17.4. The van der Waals surface area contributed by atoms with Crippen LogP contribution in [-0.4, -0.2) is 32.3 Å². The van der Waals surface area contributed by atoms with Crippen molar-refractivity contribution in [3.8, 4) is 17.2 Å². The van der Waals surface area contributed by atoms with Crippen LogP contribution in [-0.2, 0) is 13.1 Å². The molecule has 0 unspecified atom stereocenters.